The number of likely N-dealkylation sites (tertiary alicyclic amines) is 1. The van der Waals surface area contributed by atoms with Gasteiger partial charge in [0.05, 0.1) is 6.04 Å². The highest BCUT2D eigenvalue weighted by Gasteiger charge is 2.28. The van der Waals surface area contributed by atoms with Crippen molar-refractivity contribution in [3.63, 3.8) is 0 Å². The third kappa shape index (κ3) is 3.85. The van der Waals surface area contributed by atoms with Crippen molar-refractivity contribution in [2.45, 2.75) is 59.4 Å². The van der Waals surface area contributed by atoms with Crippen LogP contribution in [0.2, 0.25) is 0 Å². The summed E-state index contributed by atoms with van der Waals surface area (Å²) in [4.78, 5) is 15.0. The largest absolute Gasteiger partial charge is 0.324 e. The van der Waals surface area contributed by atoms with Crippen molar-refractivity contribution < 1.29 is 4.79 Å². The first-order chi connectivity index (χ1) is 10.0. The van der Waals surface area contributed by atoms with Crippen molar-refractivity contribution >= 4 is 11.6 Å². The Hall–Kier alpha value is -1.35. The highest BCUT2D eigenvalue weighted by molar-refractivity contribution is 5.96. The van der Waals surface area contributed by atoms with Crippen molar-refractivity contribution in [1.82, 2.24) is 4.90 Å². The first kappa shape index (κ1) is 16.0. The molecular formula is C18H28N2O. The molecule has 3 heteroatoms. The number of hydrogen-bond donors (Lipinski definition) is 1. The molecule has 1 aromatic carbocycles. The average Bonchev–Trinajstić information content (AvgIpc) is 2.43. The molecule has 0 saturated carbocycles. The van der Waals surface area contributed by atoms with E-state index in [1.54, 1.807) is 0 Å². The fourth-order valence-electron chi connectivity index (χ4n) is 3.43. The maximum atomic E-state index is 12.7. The van der Waals surface area contributed by atoms with Gasteiger partial charge < -0.3 is 5.32 Å². The summed E-state index contributed by atoms with van der Waals surface area (Å²) < 4.78 is 0. The van der Waals surface area contributed by atoms with E-state index >= 15 is 0 Å². The summed E-state index contributed by atoms with van der Waals surface area (Å²) in [6.45, 7) is 10.5. The molecule has 1 unspecified atom stereocenters. The second-order valence-electron chi connectivity index (χ2n) is 6.31. The Morgan fingerprint density at radius 1 is 1.24 bits per heavy atom. The Balaban J connectivity index is 2.13. The zero-order valence-corrected chi connectivity index (χ0v) is 13.8. The third-order valence-electron chi connectivity index (χ3n) is 4.35. The molecule has 1 saturated heterocycles. The summed E-state index contributed by atoms with van der Waals surface area (Å²) in [6.07, 6.45) is 4.46. The van der Waals surface area contributed by atoms with Gasteiger partial charge in [0, 0.05) is 5.69 Å². The minimum absolute atomic E-state index is 0.0406. The standard InChI is InChI=1S/C18H28N2O/c1-5-9-20-10-7-6-8-16(20)18(21)19-17-14(3)11-13(2)12-15(17)4/h11-12,16H,5-10H2,1-4H3,(H,19,21). The normalized spacial score (nSPS) is 19.5. The van der Waals surface area contributed by atoms with Gasteiger partial charge in [0.15, 0.2) is 0 Å². The van der Waals surface area contributed by atoms with Gasteiger partial charge in [0.25, 0.3) is 0 Å². The van der Waals surface area contributed by atoms with E-state index < -0.39 is 0 Å². The second-order valence-corrected chi connectivity index (χ2v) is 6.31. The summed E-state index contributed by atoms with van der Waals surface area (Å²) in [6, 6.07) is 4.31. The first-order valence-electron chi connectivity index (χ1n) is 8.15. The number of nitrogens with zero attached hydrogens (tertiary/aromatic N) is 1. The van der Waals surface area contributed by atoms with Gasteiger partial charge in [-0.25, -0.2) is 0 Å². The molecule has 1 amide bonds. The number of nitrogens with one attached hydrogen (secondary N) is 1. The molecule has 1 N–H and O–H groups in total. The number of amides is 1. The molecule has 1 fully saturated rings. The Bertz CT molecular complexity index is 485. The van der Waals surface area contributed by atoms with Crippen LogP contribution in [0.25, 0.3) is 0 Å². The molecule has 1 heterocycles. The molecule has 0 radical (unpaired) electrons. The van der Waals surface area contributed by atoms with Crippen LogP contribution < -0.4 is 5.32 Å². The fraction of sp³-hybridized carbons (Fsp3) is 0.611. The van der Waals surface area contributed by atoms with Crippen molar-refractivity contribution in [2.75, 3.05) is 18.4 Å². The maximum Gasteiger partial charge on any atom is 0.241 e. The van der Waals surface area contributed by atoms with Crippen LogP contribution in [-0.4, -0.2) is 29.9 Å². The summed E-state index contributed by atoms with van der Waals surface area (Å²) in [5.74, 6) is 0.165. The quantitative estimate of drug-likeness (QED) is 0.913. The number of benzene rings is 1. The van der Waals surface area contributed by atoms with Crippen LogP contribution in [0.5, 0.6) is 0 Å². The third-order valence-corrected chi connectivity index (χ3v) is 4.35. The summed E-state index contributed by atoms with van der Waals surface area (Å²) >= 11 is 0. The molecule has 1 aliphatic rings. The fourth-order valence-corrected chi connectivity index (χ4v) is 3.43. The summed E-state index contributed by atoms with van der Waals surface area (Å²) in [7, 11) is 0. The highest BCUT2D eigenvalue weighted by Crippen LogP contribution is 2.24. The van der Waals surface area contributed by atoms with Crippen LogP contribution >= 0.6 is 0 Å². The van der Waals surface area contributed by atoms with Crippen LogP contribution in [0.15, 0.2) is 12.1 Å². The number of rotatable bonds is 4. The van der Waals surface area contributed by atoms with E-state index in [0.717, 1.165) is 49.2 Å². The van der Waals surface area contributed by atoms with Gasteiger partial charge in [0.1, 0.15) is 0 Å². The van der Waals surface area contributed by atoms with Crippen molar-refractivity contribution in [2.24, 2.45) is 0 Å². The molecule has 0 bridgehead atoms. The van der Waals surface area contributed by atoms with Crippen LogP contribution in [0.4, 0.5) is 5.69 Å². The van der Waals surface area contributed by atoms with Gasteiger partial charge in [-0.2, -0.15) is 0 Å². The van der Waals surface area contributed by atoms with Crippen molar-refractivity contribution in [1.29, 1.82) is 0 Å². The summed E-state index contributed by atoms with van der Waals surface area (Å²) in [5.41, 5.74) is 4.54. The lowest BCUT2D eigenvalue weighted by atomic mass is 10.00. The number of hydrogen-bond acceptors (Lipinski definition) is 2. The molecule has 0 spiro atoms. The molecular weight excluding hydrogens is 260 g/mol. The van der Waals surface area contributed by atoms with Gasteiger partial charge in [-0.05, 0) is 64.3 Å². The number of carbonyl (C=O) groups excluding carboxylic acids is 1. The van der Waals surface area contributed by atoms with Crippen LogP contribution in [-0.2, 0) is 4.79 Å². The lowest BCUT2D eigenvalue weighted by Crippen LogP contribution is -2.47. The number of anilines is 1. The predicted octanol–water partition coefficient (Wildman–Crippen LogP) is 3.81. The molecule has 1 aromatic rings. The van der Waals surface area contributed by atoms with E-state index in [9.17, 15) is 4.79 Å². The first-order valence-corrected chi connectivity index (χ1v) is 8.15. The molecule has 0 aliphatic carbocycles. The van der Waals surface area contributed by atoms with Crippen LogP contribution in [0.1, 0.15) is 49.3 Å². The lowest BCUT2D eigenvalue weighted by Gasteiger charge is -2.34. The maximum absolute atomic E-state index is 12.7. The molecule has 3 nitrogen and oxygen atoms in total. The zero-order valence-electron chi connectivity index (χ0n) is 13.8. The van der Waals surface area contributed by atoms with E-state index in [1.165, 1.54) is 12.0 Å². The number of piperidine rings is 1. The Labute approximate surface area is 128 Å². The van der Waals surface area contributed by atoms with Crippen LogP contribution in [0, 0.1) is 20.8 Å². The predicted molar refractivity (Wildman–Crippen MR) is 88.8 cm³/mol. The van der Waals surface area contributed by atoms with E-state index in [1.807, 2.05) is 0 Å². The van der Waals surface area contributed by atoms with Crippen molar-refractivity contribution in [3.8, 4) is 0 Å². The second kappa shape index (κ2) is 7.08. The topological polar surface area (TPSA) is 32.3 Å². The molecule has 1 aliphatic heterocycles. The van der Waals surface area contributed by atoms with Gasteiger partial charge in [-0.3, -0.25) is 9.69 Å². The number of aryl methyl sites for hydroxylation is 3. The monoisotopic (exact) mass is 288 g/mol. The zero-order chi connectivity index (χ0) is 15.4. The van der Waals surface area contributed by atoms with E-state index in [2.05, 4.69) is 50.0 Å². The van der Waals surface area contributed by atoms with Gasteiger partial charge >= 0.3 is 0 Å². The van der Waals surface area contributed by atoms with Gasteiger partial charge in [-0.15, -0.1) is 0 Å². The van der Waals surface area contributed by atoms with Crippen molar-refractivity contribution in [3.05, 3.63) is 28.8 Å². The Morgan fingerprint density at radius 3 is 2.52 bits per heavy atom. The smallest absolute Gasteiger partial charge is 0.241 e. The SMILES string of the molecule is CCCN1CCCCC1C(=O)Nc1c(C)cc(C)cc1C. The van der Waals surface area contributed by atoms with Gasteiger partial charge in [0.2, 0.25) is 5.91 Å². The minimum Gasteiger partial charge on any atom is -0.324 e. The average molecular weight is 288 g/mol. The molecule has 0 aromatic heterocycles. The van der Waals surface area contributed by atoms with Gasteiger partial charge in [-0.1, -0.05) is 31.0 Å². The molecule has 116 valence electrons. The summed E-state index contributed by atoms with van der Waals surface area (Å²) in [5, 5.41) is 3.18. The highest BCUT2D eigenvalue weighted by atomic mass is 16.2. The molecule has 2 rings (SSSR count). The van der Waals surface area contributed by atoms with E-state index in [0.29, 0.717) is 0 Å². The molecule has 1 atom stereocenters. The van der Waals surface area contributed by atoms with Crippen LogP contribution in [0.3, 0.4) is 0 Å². The Morgan fingerprint density at radius 2 is 1.90 bits per heavy atom. The minimum atomic E-state index is 0.0406. The molecule has 21 heavy (non-hydrogen) atoms. The van der Waals surface area contributed by atoms with E-state index in [4.69, 9.17) is 0 Å². The number of carbonyl (C=O) groups is 1. The lowest BCUT2D eigenvalue weighted by molar-refractivity contribution is -0.122. The van der Waals surface area contributed by atoms with E-state index in [-0.39, 0.29) is 11.9 Å². The Kier molecular flexibility index (Phi) is 5.40.